The van der Waals surface area contributed by atoms with Gasteiger partial charge in [-0.15, -0.1) is 0 Å². The Hall–Kier alpha value is -4.46. The summed E-state index contributed by atoms with van der Waals surface area (Å²) in [7, 11) is 0. The third-order valence-electron chi connectivity index (χ3n) is 6.02. The summed E-state index contributed by atoms with van der Waals surface area (Å²) in [6.45, 7) is 4.18. The Labute approximate surface area is 214 Å². The number of imidazole rings is 1. The zero-order valence-corrected chi connectivity index (χ0v) is 20.2. The van der Waals surface area contributed by atoms with Crippen LogP contribution in [0.4, 0.5) is 24.7 Å². The largest absolute Gasteiger partial charge is 0.483 e. The lowest BCUT2D eigenvalue weighted by Crippen LogP contribution is -2.48. The standard InChI is InChI=1S/C23H23F3N8O.CH2O2/c1-2-14-7-15(3-4-16(14)22(35)30-10-13-8-27-9-13)32-20-21-29-12-18(34(21)6-5-28-20)17-11-31-33-19(17)23(24,25)26;2-1-3/h3-7,11-13,27H,2,8-10H2,1H3,(H,28,32)(H,30,35)(H,31,33);1H,(H,2,3). The molecule has 38 heavy (non-hydrogen) atoms. The average molecular weight is 531 g/mol. The molecule has 5 N–H and O–H groups in total. The van der Waals surface area contributed by atoms with Gasteiger partial charge in [-0.3, -0.25) is 19.1 Å². The molecule has 1 aromatic carbocycles. The molecular formula is C24H25F3N8O3. The third-order valence-corrected chi connectivity index (χ3v) is 6.02. The highest BCUT2D eigenvalue weighted by Crippen LogP contribution is 2.36. The summed E-state index contributed by atoms with van der Waals surface area (Å²) in [5, 5.41) is 21.9. The van der Waals surface area contributed by atoms with Gasteiger partial charge in [0, 0.05) is 55.4 Å². The van der Waals surface area contributed by atoms with Crippen LogP contribution in [-0.2, 0) is 17.4 Å². The summed E-state index contributed by atoms with van der Waals surface area (Å²) in [4.78, 5) is 29.6. The topological polar surface area (TPSA) is 149 Å². The van der Waals surface area contributed by atoms with E-state index in [-0.39, 0.29) is 23.6 Å². The minimum absolute atomic E-state index is 0.108. The molecule has 1 amide bonds. The molecule has 11 nitrogen and oxygen atoms in total. The van der Waals surface area contributed by atoms with Crippen molar-refractivity contribution in [1.82, 2.24) is 35.2 Å². The van der Waals surface area contributed by atoms with Crippen LogP contribution in [-0.4, -0.2) is 61.7 Å². The Morgan fingerprint density at radius 3 is 2.71 bits per heavy atom. The smallest absolute Gasteiger partial charge is 0.435 e. The Balaban J connectivity index is 0.00000107. The van der Waals surface area contributed by atoms with E-state index in [1.807, 2.05) is 13.0 Å². The van der Waals surface area contributed by atoms with Gasteiger partial charge in [-0.05, 0) is 30.2 Å². The normalized spacial score (nSPS) is 13.4. The molecule has 1 aliphatic rings. The van der Waals surface area contributed by atoms with Crippen LogP contribution in [0, 0.1) is 5.92 Å². The van der Waals surface area contributed by atoms with Crippen molar-refractivity contribution in [3.63, 3.8) is 0 Å². The first-order chi connectivity index (χ1) is 18.3. The van der Waals surface area contributed by atoms with Crippen molar-refractivity contribution in [3.8, 4) is 11.3 Å². The highest BCUT2D eigenvalue weighted by atomic mass is 19.4. The van der Waals surface area contributed by atoms with Crippen LogP contribution < -0.4 is 16.0 Å². The van der Waals surface area contributed by atoms with Gasteiger partial charge in [0.1, 0.15) is 0 Å². The molecule has 0 saturated carbocycles. The summed E-state index contributed by atoms with van der Waals surface area (Å²) in [6, 6.07) is 5.40. The van der Waals surface area contributed by atoms with Gasteiger partial charge in [0.15, 0.2) is 17.2 Å². The molecule has 0 bridgehead atoms. The minimum Gasteiger partial charge on any atom is -0.483 e. The minimum atomic E-state index is -4.60. The maximum Gasteiger partial charge on any atom is 0.435 e. The van der Waals surface area contributed by atoms with Crippen molar-refractivity contribution in [1.29, 1.82) is 0 Å². The molecule has 0 aliphatic carbocycles. The second kappa shape index (κ2) is 11.3. The van der Waals surface area contributed by atoms with Gasteiger partial charge in [-0.1, -0.05) is 6.92 Å². The molecule has 5 rings (SSSR count). The molecular weight excluding hydrogens is 505 g/mol. The number of hydrogen-bond donors (Lipinski definition) is 5. The molecule has 4 aromatic rings. The maximum atomic E-state index is 13.3. The fourth-order valence-electron chi connectivity index (χ4n) is 4.06. The molecule has 1 fully saturated rings. The van der Waals surface area contributed by atoms with Crippen LogP contribution >= 0.6 is 0 Å². The summed E-state index contributed by atoms with van der Waals surface area (Å²) in [6.07, 6.45) is 1.61. The number of rotatable bonds is 7. The lowest BCUT2D eigenvalue weighted by molar-refractivity contribution is -0.140. The first kappa shape index (κ1) is 26.6. The Kier molecular flexibility index (Phi) is 7.90. The van der Waals surface area contributed by atoms with E-state index < -0.39 is 11.9 Å². The lowest BCUT2D eigenvalue weighted by atomic mass is 10.0. The van der Waals surface area contributed by atoms with E-state index in [0.29, 0.717) is 41.6 Å². The van der Waals surface area contributed by atoms with Gasteiger partial charge >= 0.3 is 6.18 Å². The van der Waals surface area contributed by atoms with Crippen LogP contribution in [0.2, 0.25) is 0 Å². The molecule has 0 atom stereocenters. The number of fused-ring (bicyclic) bond motifs is 1. The maximum absolute atomic E-state index is 13.3. The number of nitrogens with zero attached hydrogens (tertiary/aromatic N) is 4. The molecule has 200 valence electrons. The zero-order chi connectivity index (χ0) is 27.3. The summed E-state index contributed by atoms with van der Waals surface area (Å²) >= 11 is 0. The fourth-order valence-corrected chi connectivity index (χ4v) is 4.06. The number of alkyl halides is 3. The Morgan fingerprint density at radius 1 is 1.29 bits per heavy atom. The zero-order valence-electron chi connectivity index (χ0n) is 20.2. The number of nitrogens with one attached hydrogen (secondary N) is 4. The fraction of sp³-hybridized carbons (Fsp3) is 0.292. The number of benzene rings is 1. The summed E-state index contributed by atoms with van der Waals surface area (Å²) < 4.78 is 41.5. The SMILES string of the molecule is CCc1cc(Nc2nccn3c(-c4c[nH]nc4C(F)(F)F)cnc23)ccc1C(=O)NCC1CNC1.O=CO. The third kappa shape index (κ3) is 5.59. The van der Waals surface area contributed by atoms with Crippen molar-refractivity contribution in [2.45, 2.75) is 19.5 Å². The van der Waals surface area contributed by atoms with Crippen molar-refractivity contribution >= 4 is 29.5 Å². The second-order valence-electron chi connectivity index (χ2n) is 8.45. The number of carbonyl (C=O) groups excluding carboxylic acids is 1. The highest BCUT2D eigenvalue weighted by molar-refractivity contribution is 5.96. The number of aromatic nitrogens is 5. The number of aromatic amines is 1. The van der Waals surface area contributed by atoms with Crippen LogP contribution in [0.15, 0.2) is 43.0 Å². The van der Waals surface area contributed by atoms with Gasteiger partial charge < -0.3 is 21.1 Å². The van der Waals surface area contributed by atoms with Gasteiger partial charge in [0.25, 0.3) is 12.4 Å². The van der Waals surface area contributed by atoms with E-state index in [2.05, 4.69) is 36.1 Å². The van der Waals surface area contributed by atoms with Crippen molar-refractivity contribution in [2.75, 3.05) is 25.0 Å². The summed E-state index contributed by atoms with van der Waals surface area (Å²) in [5.74, 6) is 0.719. The number of aryl methyl sites for hydroxylation is 1. The van der Waals surface area contributed by atoms with E-state index in [0.717, 1.165) is 18.7 Å². The van der Waals surface area contributed by atoms with E-state index in [1.165, 1.54) is 23.0 Å². The monoisotopic (exact) mass is 530 g/mol. The predicted molar refractivity (Wildman–Crippen MR) is 132 cm³/mol. The quantitative estimate of drug-likeness (QED) is 0.229. The van der Waals surface area contributed by atoms with Gasteiger partial charge in [0.05, 0.1) is 17.5 Å². The van der Waals surface area contributed by atoms with E-state index in [9.17, 15) is 18.0 Å². The van der Waals surface area contributed by atoms with E-state index in [4.69, 9.17) is 9.90 Å². The number of hydrogen-bond acceptors (Lipinski definition) is 7. The predicted octanol–water partition coefficient (Wildman–Crippen LogP) is 3.09. The Bertz CT molecular complexity index is 1430. The van der Waals surface area contributed by atoms with Crippen LogP contribution in [0.1, 0.15) is 28.5 Å². The number of carboxylic acid groups (broad SMARTS) is 1. The number of anilines is 2. The number of amides is 1. The van der Waals surface area contributed by atoms with Gasteiger partial charge in [0.2, 0.25) is 0 Å². The van der Waals surface area contributed by atoms with E-state index in [1.54, 1.807) is 18.3 Å². The molecule has 14 heteroatoms. The first-order valence-corrected chi connectivity index (χ1v) is 11.7. The average Bonchev–Trinajstić information content (AvgIpc) is 3.51. The molecule has 1 saturated heterocycles. The molecule has 0 radical (unpaired) electrons. The molecule has 3 aromatic heterocycles. The Morgan fingerprint density at radius 2 is 2.05 bits per heavy atom. The number of H-pyrrole nitrogens is 1. The van der Waals surface area contributed by atoms with Gasteiger partial charge in [-0.2, -0.15) is 18.3 Å². The molecule has 0 spiro atoms. The highest BCUT2D eigenvalue weighted by Gasteiger charge is 2.37. The summed E-state index contributed by atoms with van der Waals surface area (Å²) in [5.41, 5.74) is 1.62. The molecule has 0 unspecified atom stereocenters. The van der Waals surface area contributed by atoms with E-state index >= 15 is 0 Å². The molecule has 1 aliphatic heterocycles. The number of carbonyl (C=O) groups is 2. The van der Waals surface area contributed by atoms with Crippen molar-refractivity contribution in [3.05, 3.63) is 59.8 Å². The second-order valence-corrected chi connectivity index (χ2v) is 8.45. The lowest BCUT2D eigenvalue weighted by Gasteiger charge is -2.27. The molecule has 4 heterocycles. The first-order valence-electron chi connectivity index (χ1n) is 11.7. The van der Waals surface area contributed by atoms with Gasteiger partial charge in [-0.25, -0.2) is 9.97 Å². The van der Waals surface area contributed by atoms with Crippen LogP contribution in [0.25, 0.3) is 16.9 Å². The van der Waals surface area contributed by atoms with Crippen molar-refractivity contribution < 1.29 is 27.9 Å². The van der Waals surface area contributed by atoms with Crippen LogP contribution in [0.3, 0.4) is 0 Å². The van der Waals surface area contributed by atoms with Crippen molar-refractivity contribution in [2.24, 2.45) is 5.92 Å². The van der Waals surface area contributed by atoms with Crippen LogP contribution in [0.5, 0.6) is 0 Å². The number of halogens is 3.